The van der Waals surface area contributed by atoms with Crippen molar-refractivity contribution in [3.8, 4) is 0 Å². The standard InChI is InChI=1S/C10H14N2OS/c1-12(2)9-5-3-8(4-6-9)11-10(13)7-14/h3-6,14H,7H2,1-2H3,(H,11,13). The number of thiol groups is 1. The number of nitrogens with zero attached hydrogens (tertiary/aromatic N) is 1. The second kappa shape index (κ2) is 4.91. The molecule has 4 heteroatoms. The van der Waals surface area contributed by atoms with Gasteiger partial charge >= 0.3 is 0 Å². The average Bonchev–Trinajstić information content (AvgIpc) is 2.18. The van der Waals surface area contributed by atoms with E-state index in [-0.39, 0.29) is 11.7 Å². The Balaban J connectivity index is 2.69. The van der Waals surface area contributed by atoms with Crippen LogP contribution < -0.4 is 10.2 Å². The first-order valence-electron chi connectivity index (χ1n) is 4.31. The zero-order valence-corrected chi connectivity index (χ0v) is 9.21. The van der Waals surface area contributed by atoms with Crippen molar-refractivity contribution in [2.45, 2.75) is 0 Å². The number of hydrogen-bond donors (Lipinski definition) is 2. The third-order valence-electron chi connectivity index (χ3n) is 1.81. The maximum atomic E-state index is 11.0. The Labute approximate surface area is 89.5 Å². The number of amides is 1. The molecule has 0 fully saturated rings. The van der Waals surface area contributed by atoms with Crippen LogP contribution in [0.5, 0.6) is 0 Å². The van der Waals surface area contributed by atoms with Gasteiger partial charge in [-0.25, -0.2) is 0 Å². The van der Waals surface area contributed by atoms with E-state index in [0.717, 1.165) is 11.4 Å². The summed E-state index contributed by atoms with van der Waals surface area (Å²) in [6, 6.07) is 7.65. The predicted octanol–water partition coefficient (Wildman–Crippen LogP) is 1.62. The van der Waals surface area contributed by atoms with Crippen LogP contribution in [0, 0.1) is 0 Å². The van der Waals surface area contributed by atoms with Gasteiger partial charge in [-0.05, 0) is 24.3 Å². The third-order valence-corrected chi connectivity index (χ3v) is 2.10. The first-order valence-corrected chi connectivity index (χ1v) is 4.95. The first kappa shape index (κ1) is 10.9. The van der Waals surface area contributed by atoms with Gasteiger partial charge in [0.15, 0.2) is 0 Å². The number of nitrogens with one attached hydrogen (secondary N) is 1. The van der Waals surface area contributed by atoms with Gasteiger partial charge in [-0.3, -0.25) is 4.79 Å². The van der Waals surface area contributed by atoms with Crippen molar-refractivity contribution < 1.29 is 4.79 Å². The minimum atomic E-state index is -0.0917. The number of rotatable bonds is 3. The summed E-state index contributed by atoms with van der Waals surface area (Å²) in [5.41, 5.74) is 1.91. The Morgan fingerprint density at radius 2 is 1.93 bits per heavy atom. The summed E-state index contributed by atoms with van der Waals surface area (Å²) in [4.78, 5) is 13.0. The summed E-state index contributed by atoms with van der Waals surface area (Å²) >= 11 is 3.88. The lowest BCUT2D eigenvalue weighted by molar-refractivity contribution is -0.113. The van der Waals surface area contributed by atoms with Gasteiger partial charge in [-0.2, -0.15) is 12.6 Å². The van der Waals surface area contributed by atoms with Crippen molar-refractivity contribution in [2.75, 3.05) is 30.1 Å². The van der Waals surface area contributed by atoms with Crippen molar-refractivity contribution in [1.29, 1.82) is 0 Å². The van der Waals surface area contributed by atoms with Gasteiger partial charge in [-0.15, -0.1) is 0 Å². The Morgan fingerprint density at radius 3 is 2.36 bits per heavy atom. The molecule has 0 aromatic heterocycles. The highest BCUT2D eigenvalue weighted by Gasteiger charge is 1.99. The second-order valence-electron chi connectivity index (χ2n) is 3.15. The lowest BCUT2D eigenvalue weighted by Gasteiger charge is -2.12. The van der Waals surface area contributed by atoms with Gasteiger partial charge in [0.25, 0.3) is 0 Å². The van der Waals surface area contributed by atoms with Crippen molar-refractivity contribution in [3.05, 3.63) is 24.3 Å². The Kier molecular flexibility index (Phi) is 3.83. The summed E-state index contributed by atoms with van der Waals surface area (Å²) in [6.45, 7) is 0. The molecule has 0 heterocycles. The van der Waals surface area contributed by atoms with Crippen LogP contribution in [0.15, 0.2) is 24.3 Å². The van der Waals surface area contributed by atoms with E-state index in [2.05, 4.69) is 17.9 Å². The maximum absolute atomic E-state index is 11.0. The van der Waals surface area contributed by atoms with Crippen LogP contribution in [0.2, 0.25) is 0 Å². The van der Waals surface area contributed by atoms with Crippen LogP contribution in [-0.4, -0.2) is 25.8 Å². The molecule has 1 amide bonds. The molecule has 1 aromatic carbocycles. The van der Waals surface area contributed by atoms with Crippen LogP contribution in [0.25, 0.3) is 0 Å². The van der Waals surface area contributed by atoms with E-state index in [4.69, 9.17) is 0 Å². The highest BCUT2D eigenvalue weighted by atomic mass is 32.1. The van der Waals surface area contributed by atoms with E-state index in [1.807, 2.05) is 43.3 Å². The SMILES string of the molecule is CN(C)c1ccc(NC(=O)CS)cc1. The molecular formula is C10H14N2OS. The number of anilines is 2. The van der Waals surface area contributed by atoms with Crippen molar-refractivity contribution in [2.24, 2.45) is 0 Å². The normalized spacial score (nSPS) is 9.64. The number of hydrogen-bond acceptors (Lipinski definition) is 3. The number of carbonyl (C=O) groups is 1. The number of benzene rings is 1. The highest BCUT2D eigenvalue weighted by molar-refractivity contribution is 7.81. The van der Waals surface area contributed by atoms with E-state index in [0.29, 0.717) is 0 Å². The fourth-order valence-corrected chi connectivity index (χ4v) is 1.12. The molecule has 0 aliphatic carbocycles. The smallest absolute Gasteiger partial charge is 0.234 e. The molecule has 0 aliphatic rings. The molecule has 1 aromatic rings. The van der Waals surface area contributed by atoms with Crippen LogP contribution in [0.4, 0.5) is 11.4 Å². The van der Waals surface area contributed by atoms with E-state index in [1.165, 1.54) is 0 Å². The Hall–Kier alpha value is -1.16. The van der Waals surface area contributed by atoms with Crippen LogP contribution in [-0.2, 0) is 4.79 Å². The molecule has 0 saturated heterocycles. The predicted molar refractivity (Wildman–Crippen MR) is 63.3 cm³/mol. The maximum Gasteiger partial charge on any atom is 0.234 e. The molecule has 0 spiro atoms. The van der Waals surface area contributed by atoms with Crippen LogP contribution >= 0.6 is 12.6 Å². The van der Waals surface area contributed by atoms with Gasteiger partial charge in [0.05, 0.1) is 5.75 Å². The zero-order valence-electron chi connectivity index (χ0n) is 8.32. The van der Waals surface area contributed by atoms with Gasteiger partial charge in [0, 0.05) is 25.5 Å². The molecule has 0 atom stereocenters. The average molecular weight is 210 g/mol. The summed E-state index contributed by atoms with van der Waals surface area (Å²) in [5, 5.41) is 2.72. The van der Waals surface area contributed by atoms with Crippen LogP contribution in [0.1, 0.15) is 0 Å². The lowest BCUT2D eigenvalue weighted by Crippen LogP contribution is -2.13. The van der Waals surface area contributed by atoms with E-state index >= 15 is 0 Å². The summed E-state index contributed by atoms with van der Waals surface area (Å²) in [5.74, 6) is 0.112. The molecule has 0 bridgehead atoms. The molecule has 0 saturated carbocycles. The molecule has 1 rings (SSSR count). The number of carbonyl (C=O) groups excluding carboxylic acids is 1. The monoisotopic (exact) mass is 210 g/mol. The van der Waals surface area contributed by atoms with Crippen molar-refractivity contribution >= 4 is 29.9 Å². The molecule has 0 unspecified atom stereocenters. The van der Waals surface area contributed by atoms with E-state index in [9.17, 15) is 4.79 Å². The topological polar surface area (TPSA) is 32.3 Å². The molecule has 0 aliphatic heterocycles. The first-order chi connectivity index (χ1) is 6.63. The van der Waals surface area contributed by atoms with E-state index < -0.39 is 0 Å². The molecule has 0 radical (unpaired) electrons. The summed E-state index contributed by atoms with van der Waals surface area (Å²) in [6.07, 6.45) is 0. The largest absolute Gasteiger partial charge is 0.378 e. The fraction of sp³-hybridized carbons (Fsp3) is 0.300. The van der Waals surface area contributed by atoms with E-state index in [1.54, 1.807) is 0 Å². The summed E-state index contributed by atoms with van der Waals surface area (Å²) in [7, 11) is 3.95. The minimum Gasteiger partial charge on any atom is -0.378 e. The van der Waals surface area contributed by atoms with Crippen molar-refractivity contribution in [3.63, 3.8) is 0 Å². The molecule has 3 nitrogen and oxygen atoms in total. The van der Waals surface area contributed by atoms with Gasteiger partial charge in [0.2, 0.25) is 5.91 Å². The quantitative estimate of drug-likeness (QED) is 0.743. The third kappa shape index (κ3) is 2.96. The van der Waals surface area contributed by atoms with Crippen LogP contribution in [0.3, 0.4) is 0 Å². The minimum absolute atomic E-state index is 0.0917. The van der Waals surface area contributed by atoms with Crippen molar-refractivity contribution in [1.82, 2.24) is 0 Å². The molecular weight excluding hydrogens is 196 g/mol. The second-order valence-corrected chi connectivity index (χ2v) is 3.46. The zero-order chi connectivity index (χ0) is 10.6. The molecule has 76 valence electrons. The Bertz CT molecular complexity index is 308. The summed E-state index contributed by atoms with van der Waals surface area (Å²) < 4.78 is 0. The fourth-order valence-electron chi connectivity index (χ4n) is 1.04. The highest BCUT2D eigenvalue weighted by Crippen LogP contribution is 2.15. The van der Waals surface area contributed by atoms with Gasteiger partial charge in [-0.1, -0.05) is 0 Å². The van der Waals surface area contributed by atoms with Gasteiger partial charge in [0.1, 0.15) is 0 Å². The lowest BCUT2D eigenvalue weighted by atomic mass is 10.2. The van der Waals surface area contributed by atoms with Gasteiger partial charge < -0.3 is 10.2 Å². The Morgan fingerprint density at radius 1 is 1.36 bits per heavy atom. The molecule has 1 N–H and O–H groups in total. The molecule has 14 heavy (non-hydrogen) atoms.